The molecule has 17 rings (SSSR count). The standard InChI is InChI=1S/C78H49N5/c1-2-20-53(21-3-1)78-79-70(52-36-40-57(41-37-52)81-72-32-12-8-26-64(72)65-27-9-13-33-73(65)81)49-71(80-78)56-44-58(82-74-34-14-10-28-66(74)68-46-54(38-42-76(68)82)62-30-16-22-50-18-4-6-24-60(50)62)48-59(45-56)83-75-35-15-11-29-67(75)69-47-55(39-43-77(69)83)63-31-17-23-51-19-5-7-25-61(51)63/h1-49H. The lowest BCUT2D eigenvalue weighted by Gasteiger charge is -2.17. The molecule has 0 radical (unpaired) electrons. The molecule has 0 spiro atoms. The predicted molar refractivity (Wildman–Crippen MR) is 347 cm³/mol. The molecule has 0 fully saturated rings. The summed E-state index contributed by atoms with van der Waals surface area (Å²) in [5, 5.41) is 12.2. The molecule has 0 aliphatic heterocycles. The van der Waals surface area contributed by atoms with E-state index in [0.717, 1.165) is 67.2 Å². The van der Waals surface area contributed by atoms with E-state index in [2.05, 4.69) is 305 Å². The molecule has 0 unspecified atom stereocenters. The molecule has 0 saturated heterocycles. The van der Waals surface area contributed by atoms with Crippen molar-refractivity contribution < 1.29 is 0 Å². The van der Waals surface area contributed by atoms with Crippen molar-refractivity contribution in [3.8, 4) is 73.2 Å². The van der Waals surface area contributed by atoms with Gasteiger partial charge in [-0.25, -0.2) is 9.97 Å². The lowest BCUT2D eigenvalue weighted by atomic mass is 9.97. The van der Waals surface area contributed by atoms with Gasteiger partial charge in [0, 0.05) is 66.1 Å². The minimum Gasteiger partial charge on any atom is -0.309 e. The van der Waals surface area contributed by atoms with E-state index in [4.69, 9.17) is 9.97 Å². The van der Waals surface area contributed by atoms with E-state index in [-0.39, 0.29) is 0 Å². The first kappa shape index (κ1) is 46.7. The highest BCUT2D eigenvalue weighted by atomic mass is 15.0. The van der Waals surface area contributed by atoms with E-state index in [9.17, 15) is 0 Å². The number of fused-ring (bicyclic) bond motifs is 11. The molecule has 0 atom stereocenters. The van der Waals surface area contributed by atoms with Crippen LogP contribution < -0.4 is 0 Å². The van der Waals surface area contributed by atoms with E-state index >= 15 is 0 Å². The van der Waals surface area contributed by atoms with E-state index in [0.29, 0.717) is 5.82 Å². The Balaban J connectivity index is 0.898. The van der Waals surface area contributed by atoms with Gasteiger partial charge in [-0.1, -0.05) is 212 Å². The van der Waals surface area contributed by atoms with Crippen LogP contribution in [0.25, 0.3) is 160 Å². The van der Waals surface area contributed by atoms with E-state index < -0.39 is 0 Å². The van der Waals surface area contributed by atoms with Crippen LogP contribution in [0, 0.1) is 0 Å². The van der Waals surface area contributed by atoms with Gasteiger partial charge in [0.25, 0.3) is 0 Å². The van der Waals surface area contributed by atoms with Gasteiger partial charge in [-0.2, -0.15) is 0 Å². The van der Waals surface area contributed by atoms with Gasteiger partial charge in [0.2, 0.25) is 0 Å². The summed E-state index contributed by atoms with van der Waals surface area (Å²) in [5.74, 6) is 0.659. The van der Waals surface area contributed by atoms with Crippen molar-refractivity contribution in [3.63, 3.8) is 0 Å². The second-order valence-corrected chi connectivity index (χ2v) is 21.7. The second-order valence-electron chi connectivity index (χ2n) is 21.7. The first-order valence-corrected chi connectivity index (χ1v) is 28.4. The molecule has 5 nitrogen and oxygen atoms in total. The molecule has 5 heteroatoms. The molecule has 0 saturated carbocycles. The number of hydrogen-bond donors (Lipinski definition) is 0. The van der Waals surface area contributed by atoms with Crippen molar-refractivity contribution in [2.24, 2.45) is 0 Å². The molecule has 386 valence electrons. The third-order valence-corrected chi connectivity index (χ3v) is 17.0. The number of rotatable bonds is 8. The monoisotopic (exact) mass is 1060 g/mol. The van der Waals surface area contributed by atoms with Crippen LogP contribution in [-0.4, -0.2) is 23.7 Å². The van der Waals surface area contributed by atoms with Gasteiger partial charge in [-0.3, -0.25) is 0 Å². The van der Waals surface area contributed by atoms with Crippen LogP contribution in [0.2, 0.25) is 0 Å². The lowest BCUT2D eigenvalue weighted by Crippen LogP contribution is -2.02. The van der Waals surface area contributed by atoms with Crippen molar-refractivity contribution in [3.05, 3.63) is 297 Å². The summed E-state index contributed by atoms with van der Waals surface area (Å²) in [6, 6.07) is 108. The fourth-order valence-electron chi connectivity index (χ4n) is 13.2. The molecule has 0 N–H and O–H groups in total. The first-order valence-electron chi connectivity index (χ1n) is 28.4. The molecular weight excluding hydrogens is 1010 g/mol. The Morgan fingerprint density at radius 3 is 1.07 bits per heavy atom. The molecule has 83 heavy (non-hydrogen) atoms. The summed E-state index contributed by atoms with van der Waals surface area (Å²) in [6.45, 7) is 0. The van der Waals surface area contributed by atoms with Gasteiger partial charge in [0.05, 0.1) is 44.5 Å². The zero-order valence-corrected chi connectivity index (χ0v) is 45.0. The average Bonchev–Trinajstić information content (AvgIpc) is 2.50. The highest BCUT2D eigenvalue weighted by Gasteiger charge is 2.21. The smallest absolute Gasteiger partial charge is 0.160 e. The fraction of sp³-hybridized carbons (Fsp3) is 0. The zero-order chi connectivity index (χ0) is 54.5. The minimum absolute atomic E-state index is 0.659. The zero-order valence-electron chi connectivity index (χ0n) is 45.0. The predicted octanol–water partition coefficient (Wildman–Crippen LogP) is 20.4. The molecule has 0 aliphatic carbocycles. The van der Waals surface area contributed by atoms with Crippen molar-refractivity contribution in [2.45, 2.75) is 0 Å². The summed E-state index contributed by atoms with van der Waals surface area (Å²) >= 11 is 0. The normalized spacial score (nSPS) is 11.9. The van der Waals surface area contributed by atoms with Gasteiger partial charge in [0.15, 0.2) is 5.82 Å². The van der Waals surface area contributed by atoms with Crippen molar-refractivity contribution in [1.82, 2.24) is 23.7 Å². The van der Waals surface area contributed by atoms with Crippen LogP contribution in [0.1, 0.15) is 0 Å². The third kappa shape index (κ3) is 7.56. The number of para-hydroxylation sites is 4. The van der Waals surface area contributed by atoms with Gasteiger partial charge in [-0.05, 0) is 129 Å². The van der Waals surface area contributed by atoms with Gasteiger partial charge in [0.1, 0.15) is 0 Å². The van der Waals surface area contributed by atoms with E-state index in [1.807, 2.05) is 6.07 Å². The number of aromatic nitrogens is 5. The second kappa shape index (κ2) is 18.7. The molecule has 17 aromatic rings. The summed E-state index contributed by atoms with van der Waals surface area (Å²) < 4.78 is 7.26. The molecule has 4 aromatic heterocycles. The Kier molecular flexibility index (Phi) is 10.6. The van der Waals surface area contributed by atoms with Crippen LogP contribution in [0.5, 0.6) is 0 Å². The average molecular weight is 1060 g/mol. The van der Waals surface area contributed by atoms with Crippen molar-refractivity contribution in [1.29, 1.82) is 0 Å². The highest BCUT2D eigenvalue weighted by Crippen LogP contribution is 2.42. The maximum absolute atomic E-state index is 5.53. The lowest BCUT2D eigenvalue weighted by molar-refractivity contribution is 1.13. The molecular formula is C78H49N5. The summed E-state index contributed by atoms with van der Waals surface area (Å²) in [5.41, 5.74) is 19.4. The topological polar surface area (TPSA) is 40.6 Å². The van der Waals surface area contributed by atoms with Gasteiger partial charge >= 0.3 is 0 Å². The summed E-state index contributed by atoms with van der Waals surface area (Å²) in [7, 11) is 0. The number of benzene rings is 13. The number of nitrogens with zero attached hydrogens (tertiary/aromatic N) is 5. The van der Waals surface area contributed by atoms with Crippen LogP contribution in [0.3, 0.4) is 0 Å². The summed E-state index contributed by atoms with van der Waals surface area (Å²) in [6.07, 6.45) is 0. The quantitative estimate of drug-likeness (QED) is 0.152. The van der Waals surface area contributed by atoms with E-state index in [1.54, 1.807) is 0 Å². The Morgan fingerprint density at radius 2 is 0.578 bits per heavy atom. The van der Waals surface area contributed by atoms with Crippen molar-refractivity contribution in [2.75, 3.05) is 0 Å². The van der Waals surface area contributed by atoms with Gasteiger partial charge in [-0.15, -0.1) is 0 Å². The molecule has 0 aliphatic rings. The van der Waals surface area contributed by atoms with Crippen LogP contribution in [0.4, 0.5) is 0 Å². The van der Waals surface area contributed by atoms with Crippen molar-refractivity contribution >= 4 is 87.0 Å². The van der Waals surface area contributed by atoms with Crippen LogP contribution in [-0.2, 0) is 0 Å². The molecule has 0 bridgehead atoms. The Hall–Kier alpha value is -11.1. The van der Waals surface area contributed by atoms with E-state index in [1.165, 1.54) is 87.1 Å². The maximum atomic E-state index is 5.53. The molecule has 13 aromatic carbocycles. The number of hydrogen-bond acceptors (Lipinski definition) is 2. The molecule has 0 amide bonds. The largest absolute Gasteiger partial charge is 0.309 e. The SMILES string of the molecule is c1ccc(-c2nc(-c3ccc(-n4c5ccccc5c5ccccc54)cc3)cc(-c3cc(-n4c5ccccc5c5cc(-c6cccc7ccccc67)ccc54)cc(-n4c5ccccc5c5cc(-c6cccc7ccccc67)ccc54)c3)n2)cc1. The van der Waals surface area contributed by atoms with Crippen LogP contribution >= 0.6 is 0 Å². The Labute approximate surface area is 478 Å². The summed E-state index contributed by atoms with van der Waals surface area (Å²) in [4.78, 5) is 10.9. The van der Waals surface area contributed by atoms with Crippen LogP contribution in [0.15, 0.2) is 297 Å². The fourth-order valence-corrected chi connectivity index (χ4v) is 13.2. The van der Waals surface area contributed by atoms with Gasteiger partial charge < -0.3 is 13.7 Å². The first-order chi connectivity index (χ1) is 41.1. The molecule has 4 heterocycles. The minimum atomic E-state index is 0.659. The third-order valence-electron chi connectivity index (χ3n) is 17.0. The highest BCUT2D eigenvalue weighted by molar-refractivity contribution is 6.14. The maximum Gasteiger partial charge on any atom is 0.160 e. The Morgan fingerprint density at radius 1 is 0.205 bits per heavy atom. The Bertz CT molecular complexity index is 5170.